The van der Waals surface area contributed by atoms with Crippen molar-refractivity contribution in [2.24, 2.45) is 0 Å². The van der Waals surface area contributed by atoms with E-state index in [9.17, 15) is 13.7 Å². The van der Waals surface area contributed by atoms with Crippen molar-refractivity contribution in [3.05, 3.63) is 80.9 Å². The zero-order valence-electron chi connectivity index (χ0n) is 14.1. The normalized spacial score (nSPS) is 12.0. The van der Waals surface area contributed by atoms with Crippen LogP contribution in [-0.2, 0) is 9.84 Å². The largest absolute Gasteiger partial charge is 0.457 e. The molecule has 0 bridgehead atoms. The molecule has 7 heteroatoms. The van der Waals surface area contributed by atoms with Crippen LogP contribution in [0.5, 0.6) is 0 Å². The highest BCUT2D eigenvalue weighted by molar-refractivity contribution is 7.95. The second kappa shape index (κ2) is 7.61. The number of sulfone groups is 1. The Labute approximate surface area is 167 Å². The lowest BCUT2D eigenvalue weighted by molar-refractivity contribution is 0.571. The summed E-state index contributed by atoms with van der Waals surface area (Å²) < 4.78 is 31.0. The highest BCUT2D eigenvalue weighted by Gasteiger charge is 2.21. The molecular formula is C20H13Cl2NO3S. The minimum atomic E-state index is -3.93. The zero-order chi connectivity index (χ0) is 19.6. The summed E-state index contributed by atoms with van der Waals surface area (Å²) in [7, 11) is -3.93. The van der Waals surface area contributed by atoms with Crippen LogP contribution < -0.4 is 0 Å². The number of nitrogens with zero attached hydrogens (tertiary/aromatic N) is 1. The van der Waals surface area contributed by atoms with Crippen molar-refractivity contribution in [2.75, 3.05) is 0 Å². The lowest BCUT2D eigenvalue weighted by Crippen LogP contribution is -2.03. The van der Waals surface area contributed by atoms with Crippen LogP contribution in [0.25, 0.3) is 17.4 Å². The molecule has 0 aliphatic rings. The molecule has 3 rings (SSSR count). The number of allylic oxidation sites excluding steroid dienone is 1. The minimum Gasteiger partial charge on any atom is -0.457 e. The van der Waals surface area contributed by atoms with E-state index in [0.717, 1.165) is 5.56 Å². The molecule has 0 saturated heterocycles. The van der Waals surface area contributed by atoms with Gasteiger partial charge in [0.15, 0.2) is 4.91 Å². The van der Waals surface area contributed by atoms with E-state index in [-0.39, 0.29) is 10.7 Å². The standard InChI is InChI=1S/C20H13Cl2NO3S/c1-13-2-6-16(7-3-13)27(24,25)17(12-23)11-15-5-9-20(26-15)14-4-8-18(21)19(22)10-14/h2-11H,1H3/b17-11+. The molecule has 0 fully saturated rings. The van der Waals surface area contributed by atoms with Gasteiger partial charge in [0.25, 0.3) is 0 Å². The molecule has 1 heterocycles. The van der Waals surface area contributed by atoms with Crippen LogP contribution in [0, 0.1) is 18.3 Å². The second-order valence-corrected chi connectivity index (χ2v) is 8.50. The average molecular weight is 418 g/mol. The summed E-state index contributed by atoms with van der Waals surface area (Å²) in [5.74, 6) is 0.716. The summed E-state index contributed by atoms with van der Waals surface area (Å²) in [6, 6.07) is 16.3. The number of halogens is 2. The molecule has 1 aromatic heterocycles. The van der Waals surface area contributed by atoms with Crippen molar-refractivity contribution >= 4 is 39.1 Å². The minimum absolute atomic E-state index is 0.0529. The zero-order valence-corrected chi connectivity index (χ0v) is 16.4. The number of nitriles is 1. The van der Waals surface area contributed by atoms with Crippen LogP contribution in [0.15, 0.2) is 68.8 Å². The molecule has 0 aliphatic carbocycles. The molecule has 0 radical (unpaired) electrons. The molecule has 3 aromatic rings. The van der Waals surface area contributed by atoms with E-state index < -0.39 is 14.7 Å². The Bertz CT molecular complexity index is 1170. The van der Waals surface area contributed by atoms with Gasteiger partial charge in [0.05, 0.1) is 14.9 Å². The van der Waals surface area contributed by atoms with Crippen molar-refractivity contribution in [1.29, 1.82) is 5.26 Å². The molecule has 27 heavy (non-hydrogen) atoms. The lowest BCUT2D eigenvalue weighted by Gasteiger charge is -2.03. The smallest absolute Gasteiger partial charge is 0.216 e. The molecule has 0 spiro atoms. The van der Waals surface area contributed by atoms with Crippen LogP contribution in [0.1, 0.15) is 11.3 Å². The average Bonchev–Trinajstić information content (AvgIpc) is 3.11. The summed E-state index contributed by atoms with van der Waals surface area (Å²) in [6.07, 6.45) is 1.20. The molecule has 0 saturated carbocycles. The monoisotopic (exact) mass is 417 g/mol. The van der Waals surface area contributed by atoms with Gasteiger partial charge in [-0.25, -0.2) is 8.42 Å². The van der Waals surface area contributed by atoms with Crippen molar-refractivity contribution in [1.82, 2.24) is 0 Å². The first kappa shape index (κ1) is 19.2. The summed E-state index contributed by atoms with van der Waals surface area (Å²) >= 11 is 11.9. The maximum Gasteiger partial charge on any atom is 0.216 e. The van der Waals surface area contributed by atoms with Crippen molar-refractivity contribution in [3.63, 3.8) is 0 Å². The highest BCUT2D eigenvalue weighted by Crippen LogP contribution is 2.30. The fraction of sp³-hybridized carbons (Fsp3) is 0.0500. The molecule has 0 aliphatic heterocycles. The topological polar surface area (TPSA) is 71.1 Å². The van der Waals surface area contributed by atoms with Gasteiger partial charge in [-0.2, -0.15) is 5.26 Å². The third-order valence-corrected chi connectivity index (χ3v) is 6.26. The van der Waals surface area contributed by atoms with E-state index in [1.54, 1.807) is 48.5 Å². The number of benzene rings is 2. The van der Waals surface area contributed by atoms with Gasteiger partial charge in [-0.15, -0.1) is 0 Å². The molecule has 0 N–H and O–H groups in total. The Hall–Kier alpha value is -2.52. The van der Waals surface area contributed by atoms with Gasteiger partial charge in [-0.3, -0.25) is 0 Å². The van der Waals surface area contributed by atoms with Gasteiger partial charge in [0.1, 0.15) is 17.6 Å². The van der Waals surface area contributed by atoms with Crippen LogP contribution in [0.4, 0.5) is 0 Å². The van der Waals surface area contributed by atoms with Crippen molar-refractivity contribution in [2.45, 2.75) is 11.8 Å². The van der Waals surface area contributed by atoms with Gasteiger partial charge >= 0.3 is 0 Å². The van der Waals surface area contributed by atoms with E-state index in [1.807, 2.05) is 6.92 Å². The molecule has 4 nitrogen and oxygen atoms in total. The maximum atomic E-state index is 12.7. The van der Waals surface area contributed by atoms with Crippen LogP contribution >= 0.6 is 23.2 Å². The van der Waals surface area contributed by atoms with E-state index in [0.29, 0.717) is 21.4 Å². The lowest BCUT2D eigenvalue weighted by atomic mass is 10.2. The quantitative estimate of drug-likeness (QED) is 0.495. The summed E-state index contributed by atoms with van der Waals surface area (Å²) in [6.45, 7) is 1.85. The number of aryl methyl sites for hydroxylation is 1. The molecule has 0 atom stereocenters. The number of rotatable bonds is 4. The van der Waals surface area contributed by atoms with E-state index in [2.05, 4.69) is 0 Å². The fourth-order valence-electron chi connectivity index (χ4n) is 2.38. The van der Waals surface area contributed by atoms with Crippen LogP contribution in [0.3, 0.4) is 0 Å². The van der Waals surface area contributed by atoms with Gasteiger partial charge in [0, 0.05) is 11.6 Å². The number of furan rings is 1. The van der Waals surface area contributed by atoms with E-state index >= 15 is 0 Å². The van der Waals surface area contributed by atoms with Crippen LogP contribution in [-0.4, -0.2) is 8.42 Å². The third kappa shape index (κ3) is 4.09. The Kier molecular flexibility index (Phi) is 5.43. The first-order chi connectivity index (χ1) is 12.8. The Morgan fingerprint density at radius 3 is 2.37 bits per heavy atom. The van der Waals surface area contributed by atoms with E-state index in [4.69, 9.17) is 27.6 Å². The molecule has 0 unspecified atom stereocenters. The Morgan fingerprint density at radius 2 is 1.74 bits per heavy atom. The predicted molar refractivity (Wildman–Crippen MR) is 106 cm³/mol. The SMILES string of the molecule is Cc1ccc(S(=O)(=O)/C(C#N)=C/c2ccc(-c3ccc(Cl)c(Cl)c3)o2)cc1. The molecule has 2 aromatic carbocycles. The number of hydrogen-bond donors (Lipinski definition) is 0. The van der Waals surface area contributed by atoms with Crippen molar-refractivity contribution in [3.8, 4) is 17.4 Å². The Balaban J connectivity index is 1.97. The highest BCUT2D eigenvalue weighted by atomic mass is 35.5. The Morgan fingerprint density at radius 1 is 1.04 bits per heavy atom. The number of hydrogen-bond acceptors (Lipinski definition) is 4. The van der Waals surface area contributed by atoms with Gasteiger partial charge in [-0.05, 0) is 49.4 Å². The third-order valence-electron chi connectivity index (χ3n) is 3.84. The summed E-state index contributed by atoms with van der Waals surface area (Å²) in [5.41, 5.74) is 1.61. The first-order valence-electron chi connectivity index (χ1n) is 7.80. The first-order valence-corrected chi connectivity index (χ1v) is 10.0. The summed E-state index contributed by atoms with van der Waals surface area (Å²) in [5, 5.41) is 10.2. The van der Waals surface area contributed by atoms with E-state index in [1.165, 1.54) is 18.2 Å². The van der Waals surface area contributed by atoms with Crippen LogP contribution in [0.2, 0.25) is 10.0 Å². The summed E-state index contributed by atoms with van der Waals surface area (Å²) in [4.78, 5) is -0.349. The second-order valence-electron chi connectivity index (χ2n) is 5.77. The van der Waals surface area contributed by atoms with Gasteiger partial charge in [-0.1, -0.05) is 40.9 Å². The predicted octanol–water partition coefficient (Wildman–Crippen LogP) is 5.90. The molecule has 136 valence electrons. The molecule has 0 amide bonds. The fourth-order valence-corrected chi connectivity index (χ4v) is 3.82. The van der Waals surface area contributed by atoms with Crippen molar-refractivity contribution < 1.29 is 12.8 Å². The molecular weight excluding hydrogens is 405 g/mol. The van der Waals surface area contributed by atoms with Gasteiger partial charge in [0.2, 0.25) is 9.84 Å². The maximum absolute atomic E-state index is 12.7. The van der Waals surface area contributed by atoms with Gasteiger partial charge < -0.3 is 4.42 Å².